The van der Waals surface area contributed by atoms with Gasteiger partial charge in [0.05, 0.1) is 19.8 Å². The second kappa shape index (κ2) is 7.43. The number of aromatic nitrogens is 2. The SMILES string of the molecule is O=C(N1CCCC1)N1CCC(Oc2nccnc2N2CCOCC2)C1. The summed E-state index contributed by atoms with van der Waals surface area (Å²) >= 11 is 0. The zero-order valence-electron chi connectivity index (χ0n) is 14.5. The Morgan fingerprint density at radius 1 is 1.04 bits per heavy atom. The highest BCUT2D eigenvalue weighted by atomic mass is 16.5. The summed E-state index contributed by atoms with van der Waals surface area (Å²) in [6, 6.07) is 0.149. The number of carbonyl (C=O) groups excluding carboxylic acids is 1. The number of hydrogen-bond acceptors (Lipinski definition) is 6. The molecule has 0 aliphatic carbocycles. The van der Waals surface area contributed by atoms with Crippen molar-refractivity contribution in [2.45, 2.75) is 25.4 Å². The van der Waals surface area contributed by atoms with Crippen molar-refractivity contribution >= 4 is 11.8 Å². The molecule has 0 N–H and O–H groups in total. The Bertz CT molecular complexity index is 602. The lowest BCUT2D eigenvalue weighted by Gasteiger charge is -2.29. The van der Waals surface area contributed by atoms with Crippen LogP contribution in [0.1, 0.15) is 19.3 Å². The Morgan fingerprint density at radius 2 is 1.80 bits per heavy atom. The van der Waals surface area contributed by atoms with Crippen molar-refractivity contribution in [3.63, 3.8) is 0 Å². The Balaban J connectivity index is 1.39. The van der Waals surface area contributed by atoms with E-state index in [4.69, 9.17) is 9.47 Å². The summed E-state index contributed by atoms with van der Waals surface area (Å²) in [4.78, 5) is 27.3. The summed E-state index contributed by atoms with van der Waals surface area (Å²) in [6.07, 6.45) is 6.38. The Morgan fingerprint density at radius 3 is 2.60 bits per heavy atom. The van der Waals surface area contributed by atoms with Crippen molar-refractivity contribution < 1.29 is 14.3 Å². The molecule has 1 aromatic rings. The molecule has 8 nitrogen and oxygen atoms in total. The molecule has 1 aromatic heterocycles. The fourth-order valence-corrected chi connectivity index (χ4v) is 3.66. The maximum atomic E-state index is 12.5. The van der Waals surface area contributed by atoms with Gasteiger partial charge in [-0.25, -0.2) is 14.8 Å². The van der Waals surface area contributed by atoms with E-state index in [0.29, 0.717) is 25.6 Å². The number of urea groups is 1. The van der Waals surface area contributed by atoms with Crippen LogP contribution in [0.25, 0.3) is 0 Å². The minimum Gasteiger partial charge on any atom is -0.470 e. The van der Waals surface area contributed by atoms with Crippen LogP contribution >= 0.6 is 0 Å². The molecule has 4 heterocycles. The molecule has 25 heavy (non-hydrogen) atoms. The predicted molar refractivity (Wildman–Crippen MR) is 91.9 cm³/mol. The topological polar surface area (TPSA) is 71.0 Å². The van der Waals surface area contributed by atoms with Crippen LogP contribution in [-0.2, 0) is 4.74 Å². The van der Waals surface area contributed by atoms with E-state index in [-0.39, 0.29) is 12.1 Å². The number of amides is 2. The summed E-state index contributed by atoms with van der Waals surface area (Å²) in [5.74, 6) is 1.33. The molecule has 0 saturated carbocycles. The quantitative estimate of drug-likeness (QED) is 0.812. The van der Waals surface area contributed by atoms with Crippen molar-refractivity contribution in [3.05, 3.63) is 12.4 Å². The van der Waals surface area contributed by atoms with Crippen LogP contribution < -0.4 is 9.64 Å². The Hall–Kier alpha value is -2.09. The first-order chi connectivity index (χ1) is 12.3. The van der Waals surface area contributed by atoms with E-state index in [1.54, 1.807) is 12.4 Å². The Kier molecular flexibility index (Phi) is 4.87. The summed E-state index contributed by atoms with van der Waals surface area (Å²) < 4.78 is 11.5. The largest absolute Gasteiger partial charge is 0.470 e. The van der Waals surface area contributed by atoms with Crippen molar-refractivity contribution in [1.29, 1.82) is 0 Å². The molecule has 2 amide bonds. The van der Waals surface area contributed by atoms with Crippen molar-refractivity contribution in [3.8, 4) is 5.88 Å². The third-order valence-electron chi connectivity index (χ3n) is 5.03. The van der Waals surface area contributed by atoms with Crippen LogP contribution in [0.4, 0.5) is 10.6 Å². The molecule has 1 unspecified atom stereocenters. The number of carbonyl (C=O) groups is 1. The van der Waals surface area contributed by atoms with E-state index < -0.39 is 0 Å². The van der Waals surface area contributed by atoms with Gasteiger partial charge in [-0.1, -0.05) is 0 Å². The molecule has 3 saturated heterocycles. The maximum Gasteiger partial charge on any atom is 0.320 e. The van der Waals surface area contributed by atoms with E-state index in [0.717, 1.165) is 57.8 Å². The number of likely N-dealkylation sites (tertiary alicyclic amines) is 2. The van der Waals surface area contributed by atoms with Gasteiger partial charge >= 0.3 is 6.03 Å². The second-order valence-corrected chi connectivity index (χ2v) is 6.74. The first-order valence-corrected chi connectivity index (χ1v) is 9.15. The number of ether oxygens (including phenoxy) is 2. The molecule has 1 atom stereocenters. The number of morpholine rings is 1. The monoisotopic (exact) mass is 347 g/mol. The molecular weight excluding hydrogens is 322 g/mol. The summed E-state index contributed by atoms with van der Waals surface area (Å²) in [5.41, 5.74) is 0. The summed E-state index contributed by atoms with van der Waals surface area (Å²) in [5, 5.41) is 0. The minimum absolute atomic E-state index is 0.0250. The molecule has 0 aromatic carbocycles. The molecular formula is C17H25N5O3. The molecule has 4 rings (SSSR count). The molecule has 8 heteroatoms. The third kappa shape index (κ3) is 3.63. The van der Waals surface area contributed by atoms with E-state index in [2.05, 4.69) is 14.9 Å². The van der Waals surface area contributed by atoms with Crippen LogP contribution in [0, 0.1) is 0 Å². The van der Waals surface area contributed by atoms with Gasteiger partial charge in [-0.05, 0) is 12.8 Å². The van der Waals surface area contributed by atoms with Crippen LogP contribution in [-0.4, -0.2) is 84.4 Å². The van der Waals surface area contributed by atoms with Gasteiger partial charge in [-0.2, -0.15) is 0 Å². The van der Waals surface area contributed by atoms with E-state index >= 15 is 0 Å². The van der Waals surface area contributed by atoms with Gasteiger partial charge in [0.2, 0.25) is 0 Å². The first kappa shape index (κ1) is 16.4. The molecule has 136 valence electrons. The van der Waals surface area contributed by atoms with E-state index in [1.807, 2.05) is 9.80 Å². The number of anilines is 1. The van der Waals surface area contributed by atoms with Gasteiger partial charge in [0.25, 0.3) is 5.88 Å². The number of nitrogens with zero attached hydrogens (tertiary/aromatic N) is 5. The molecule has 3 aliphatic rings. The highest BCUT2D eigenvalue weighted by Crippen LogP contribution is 2.27. The highest BCUT2D eigenvalue weighted by Gasteiger charge is 2.32. The second-order valence-electron chi connectivity index (χ2n) is 6.74. The average molecular weight is 347 g/mol. The van der Waals surface area contributed by atoms with Gasteiger partial charge in [0.15, 0.2) is 5.82 Å². The Labute approximate surface area is 147 Å². The van der Waals surface area contributed by atoms with Crippen LogP contribution in [0.3, 0.4) is 0 Å². The lowest BCUT2D eigenvalue weighted by Crippen LogP contribution is -2.41. The van der Waals surface area contributed by atoms with Crippen LogP contribution in [0.2, 0.25) is 0 Å². The van der Waals surface area contributed by atoms with Crippen LogP contribution in [0.5, 0.6) is 5.88 Å². The molecule has 0 radical (unpaired) electrons. The minimum atomic E-state index is -0.0250. The first-order valence-electron chi connectivity index (χ1n) is 9.15. The van der Waals surface area contributed by atoms with Gasteiger partial charge in [0, 0.05) is 51.5 Å². The zero-order chi connectivity index (χ0) is 17.1. The lowest BCUT2D eigenvalue weighted by atomic mass is 10.3. The van der Waals surface area contributed by atoms with Gasteiger partial charge in [0.1, 0.15) is 6.10 Å². The van der Waals surface area contributed by atoms with E-state index in [9.17, 15) is 4.79 Å². The maximum absolute atomic E-state index is 12.5. The van der Waals surface area contributed by atoms with Crippen LogP contribution in [0.15, 0.2) is 12.4 Å². The smallest absolute Gasteiger partial charge is 0.320 e. The molecule has 3 fully saturated rings. The predicted octanol–water partition coefficient (Wildman–Crippen LogP) is 0.982. The molecule has 3 aliphatic heterocycles. The van der Waals surface area contributed by atoms with Crippen molar-refractivity contribution in [1.82, 2.24) is 19.8 Å². The third-order valence-corrected chi connectivity index (χ3v) is 5.03. The average Bonchev–Trinajstić information content (AvgIpc) is 3.35. The molecule has 0 spiro atoms. The number of hydrogen-bond donors (Lipinski definition) is 0. The van der Waals surface area contributed by atoms with Gasteiger partial charge < -0.3 is 24.2 Å². The van der Waals surface area contributed by atoms with Crippen molar-refractivity contribution in [2.75, 3.05) is 57.4 Å². The zero-order valence-corrected chi connectivity index (χ0v) is 14.5. The lowest BCUT2D eigenvalue weighted by molar-refractivity contribution is 0.121. The van der Waals surface area contributed by atoms with Gasteiger partial charge in [-0.15, -0.1) is 0 Å². The number of rotatable bonds is 3. The highest BCUT2D eigenvalue weighted by molar-refractivity contribution is 5.75. The summed E-state index contributed by atoms with van der Waals surface area (Å²) in [6.45, 7) is 6.09. The fourth-order valence-electron chi connectivity index (χ4n) is 3.66. The van der Waals surface area contributed by atoms with Crippen molar-refractivity contribution in [2.24, 2.45) is 0 Å². The summed E-state index contributed by atoms with van der Waals surface area (Å²) in [7, 11) is 0. The van der Waals surface area contributed by atoms with E-state index in [1.165, 1.54) is 0 Å². The fraction of sp³-hybridized carbons (Fsp3) is 0.706. The molecule has 0 bridgehead atoms. The van der Waals surface area contributed by atoms with Gasteiger partial charge in [-0.3, -0.25) is 0 Å². The normalized spacial score (nSPS) is 24.0. The standard InChI is InChI=1S/C17H25N5O3/c23-17(21-6-1-2-7-21)22-8-3-14(13-22)25-16-15(18-4-5-19-16)20-9-11-24-12-10-20/h4-5,14H,1-3,6-13H2.